The molecule has 192 valence electrons. The number of nitrogens with zero attached hydrogens (tertiary/aromatic N) is 2. The van der Waals surface area contributed by atoms with Crippen LogP contribution >= 0.6 is 0 Å². The van der Waals surface area contributed by atoms with E-state index in [0.29, 0.717) is 11.4 Å². The zero-order valence-corrected chi connectivity index (χ0v) is 19.1. The molecule has 6 unspecified atom stereocenters. The van der Waals surface area contributed by atoms with Crippen LogP contribution in [0, 0.1) is 0 Å². The van der Waals surface area contributed by atoms with Crippen molar-refractivity contribution in [3.63, 3.8) is 0 Å². The number of carbonyl (C=O) groups is 4. The van der Waals surface area contributed by atoms with E-state index < -0.39 is 60.1 Å². The van der Waals surface area contributed by atoms with Crippen LogP contribution in [-0.4, -0.2) is 95.3 Å². The monoisotopic (exact) mass is 494 g/mol. The fourth-order valence-corrected chi connectivity index (χ4v) is 3.05. The summed E-state index contributed by atoms with van der Waals surface area (Å²) >= 11 is 0. The molecule has 35 heavy (non-hydrogen) atoms. The first-order chi connectivity index (χ1) is 16.5. The van der Waals surface area contributed by atoms with Crippen molar-refractivity contribution < 1.29 is 34.5 Å². The highest BCUT2D eigenvalue weighted by molar-refractivity contribution is 5.94. The predicted molar refractivity (Wildman–Crippen MR) is 119 cm³/mol. The zero-order valence-electron chi connectivity index (χ0n) is 19.1. The minimum Gasteiger partial charge on any atom is -0.480 e. The summed E-state index contributed by atoms with van der Waals surface area (Å²) in [5, 5.41) is 35.7. The summed E-state index contributed by atoms with van der Waals surface area (Å²) in [6.45, 7) is 2.52. The average molecular weight is 495 g/mol. The topological polar surface area (TPSA) is 248 Å². The lowest BCUT2D eigenvalue weighted by atomic mass is 10.1. The smallest absolute Gasteiger partial charge is 0.328 e. The van der Waals surface area contributed by atoms with Crippen LogP contribution in [0.1, 0.15) is 25.2 Å². The van der Waals surface area contributed by atoms with Gasteiger partial charge in [-0.2, -0.15) is 0 Å². The highest BCUT2D eigenvalue weighted by Gasteiger charge is 2.33. The van der Waals surface area contributed by atoms with Crippen LogP contribution in [0.2, 0.25) is 0 Å². The Hall–Kier alpha value is -3.82. The minimum atomic E-state index is -1.62. The van der Waals surface area contributed by atoms with Crippen molar-refractivity contribution in [3.05, 3.63) is 36.4 Å². The van der Waals surface area contributed by atoms with Gasteiger partial charge in [-0.05, 0) is 13.8 Å². The number of hydrogen-bond acceptors (Lipinski definition) is 9. The molecule has 0 saturated heterocycles. The predicted octanol–water partition coefficient (Wildman–Crippen LogP) is -3.45. The standard InChI is InChI=1S/C20H30N8O7/c1-9(29)15(21)19(33)27-13(3-11-5-22-7-24-11)17(31)26-14(4-12-6-23-8-25-12)18(32)28-16(10(2)30)20(34)35/h5-10,13-16,29-30H,3-4,21H2,1-2H3,(H,22,24)(H,23,25)(H,26,31)(H,27,33)(H,28,32)(H,34,35). The summed E-state index contributed by atoms with van der Waals surface area (Å²) in [5.74, 6) is -3.92. The van der Waals surface area contributed by atoms with Gasteiger partial charge in [-0.1, -0.05) is 0 Å². The van der Waals surface area contributed by atoms with Crippen LogP contribution in [0.15, 0.2) is 25.0 Å². The number of aromatic nitrogens is 4. The number of carbonyl (C=O) groups excluding carboxylic acids is 3. The van der Waals surface area contributed by atoms with Gasteiger partial charge >= 0.3 is 5.97 Å². The fraction of sp³-hybridized carbons (Fsp3) is 0.500. The summed E-state index contributed by atoms with van der Waals surface area (Å²) < 4.78 is 0. The number of amides is 3. The van der Waals surface area contributed by atoms with Crippen LogP contribution in [0.5, 0.6) is 0 Å². The van der Waals surface area contributed by atoms with Crippen molar-refractivity contribution in [3.8, 4) is 0 Å². The molecule has 0 aliphatic carbocycles. The van der Waals surface area contributed by atoms with Gasteiger partial charge in [-0.25, -0.2) is 14.8 Å². The van der Waals surface area contributed by atoms with E-state index in [-0.39, 0.29) is 12.8 Å². The molecule has 0 aromatic carbocycles. The van der Waals surface area contributed by atoms with Crippen LogP contribution < -0.4 is 21.7 Å². The molecule has 0 spiro atoms. The number of nitrogens with one attached hydrogen (secondary N) is 5. The van der Waals surface area contributed by atoms with Gasteiger partial charge in [0.25, 0.3) is 0 Å². The first-order valence-electron chi connectivity index (χ1n) is 10.7. The van der Waals surface area contributed by atoms with E-state index in [4.69, 9.17) is 5.73 Å². The lowest BCUT2D eigenvalue weighted by Crippen LogP contribution is -2.59. The second-order valence-electron chi connectivity index (χ2n) is 8.02. The second kappa shape index (κ2) is 12.6. The maximum Gasteiger partial charge on any atom is 0.328 e. The molecule has 0 saturated carbocycles. The number of H-pyrrole nitrogens is 2. The van der Waals surface area contributed by atoms with Crippen LogP contribution in [0.4, 0.5) is 0 Å². The van der Waals surface area contributed by atoms with Gasteiger partial charge in [-0.15, -0.1) is 0 Å². The Morgan fingerprint density at radius 2 is 1.31 bits per heavy atom. The van der Waals surface area contributed by atoms with E-state index in [0.717, 1.165) is 0 Å². The molecule has 2 aromatic heterocycles. The Morgan fingerprint density at radius 3 is 1.69 bits per heavy atom. The van der Waals surface area contributed by atoms with Gasteiger partial charge in [0.1, 0.15) is 18.1 Å². The molecular weight excluding hydrogens is 464 g/mol. The molecule has 0 aliphatic rings. The third-order valence-corrected chi connectivity index (χ3v) is 5.09. The molecule has 0 bridgehead atoms. The van der Waals surface area contributed by atoms with Crippen molar-refractivity contribution in [1.29, 1.82) is 0 Å². The molecule has 10 N–H and O–H groups in total. The molecule has 0 fully saturated rings. The lowest BCUT2D eigenvalue weighted by Gasteiger charge is -2.25. The number of aliphatic carboxylic acids is 1. The summed E-state index contributed by atoms with van der Waals surface area (Å²) in [6, 6.07) is -5.45. The summed E-state index contributed by atoms with van der Waals surface area (Å²) in [5.41, 5.74) is 6.61. The van der Waals surface area contributed by atoms with Gasteiger partial charge in [0, 0.05) is 36.6 Å². The van der Waals surface area contributed by atoms with Crippen LogP contribution in [0.3, 0.4) is 0 Å². The molecule has 15 heteroatoms. The van der Waals surface area contributed by atoms with Crippen molar-refractivity contribution in [1.82, 2.24) is 35.9 Å². The summed E-state index contributed by atoms with van der Waals surface area (Å²) in [7, 11) is 0. The van der Waals surface area contributed by atoms with E-state index >= 15 is 0 Å². The fourth-order valence-electron chi connectivity index (χ4n) is 3.05. The summed E-state index contributed by atoms with van der Waals surface area (Å²) in [6.07, 6.45) is 2.87. The number of nitrogens with two attached hydrogens (primary N) is 1. The molecule has 6 atom stereocenters. The first-order valence-corrected chi connectivity index (χ1v) is 10.7. The van der Waals surface area contributed by atoms with Gasteiger partial charge in [0.05, 0.1) is 24.9 Å². The molecule has 3 amide bonds. The Bertz CT molecular complexity index is 978. The Balaban J connectivity index is 2.25. The quantitative estimate of drug-likeness (QED) is 0.133. The minimum absolute atomic E-state index is 0.0477. The molecular formula is C20H30N8O7. The van der Waals surface area contributed by atoms with E-state index in [1.807, 2.05) is 0 Å². The van der Waals surface area contributed by atoms with Crippen LogP contribution in [-0.2, 0) is 32.0 Å². The van der Waals surface area contributed by atoms with Gasteiger partial charge < -0.3 is 47.0 Å². The van der Waals surface area contributed by atoms with Crippen molar-refractivity contribution in [2.24, 2.45) is 5.73 Å². The largest absolute Gasteiger partial charge is 0.480 e. The molecule has 2 rings (SSSR count). The Morgan fingerprint density at radius 1 is 0.857 bits per heavy atom. The summed E-state index contributed by atoms with van der Waals surface area (Å²) in [4.78, 5) is 63.2. The van der Waals surface area contributed by atoms with E-state index in [1.54, 1.807) is 0 Å². The number of aliphatic hydroxyl groups excluding tert-OH is 2. The number of imidazole rings is 2. The normalized spacial score (nSPS) is 16.3. The van der Waals surface area contributed by atoms with E-state index in [9.17, 15) is 34.5 Å². The lowest BCUT2D eigenvalue weighted by molar-refractivity contribution is -0.145. The number of hydrogen-bond donors (Lipinski definition) is 9. The van der Waals surface area contributed by atoms with Crippen molar-refractivity contribution >= 4 is 23.7 Å². The Labute approximate surface area is 199 Å². The molecule has 0 aliphatic heterocycles. The SMILES string of the molecule is CC(O)C(N)C(=O)NC(Cc1cnc[nH]1)C(=O)NC(Cc1cnc[nH]1)C(=O)NC(C(=O)O)C(C)O. The second-order valence-corrected chi connectivity index (χ2v) is 8.02. The first kappa shape index (κ1) is 27.4. The Kier molecular flexibility index (Phi) is 9.86. The van der Waals surface area contributed by atoms with Crippen LogP contribution in [0.25, 0.3) is 0 Å². The zero-order chi connectivity index (χ0) is 26.1. The maximum absolute atomic E-state index is 13.2. The third kappa shape index (κ3) is 8.16. The molecule has 2 heterocycles. The number of aliphatic hydroxyl groups is 2. The molecule has 0 radical (unpaired) electrons. The van der Waals surface area contributed by atoms with E-state index in [1.165, 1.54) is 38.9 Å². The number of aromatic amines is 2. The number of carboxylic acids is 1. The highest BCUT2D eigenvalue weighted by atomic mass is 16.4. The maximum atomic E-state index is 13.2. The third-order valence-electron chi connectivity index (χ3n) is 5.09. The van der Waals surface area contributed by atoms with Gasteiger partial charge in [0.2, 0.25) is 17.7 Å². The number of carboxylic acid groups (broad SMARTS) is 1. The van der Waals surface area contributed by atoms with Crippen molar-refractivity contribution in [2.75, 3.05) is 0 Å². The molecule has 2 aromatic rings. The van der Waals surface area contributed by atoms with Gasteiger partial charge in [-0.3, -0.25) is 14.4 Å². The average Bonchev–Trinajstić information content (AvgIpc) is 3.49. The van der Waals surface area contributed by atoms with E-state index in [2.05, 4.69) is 35.9 Å². The molecule has 15 nitrogen and oxygen atoms in total. The number of rotatable bonds is 13. The highest BCUT2D eigenvalue weighted by Crippen LogP contribution is 2.05. The van der Waals surface area contributed by atoms with Crippen molar-refractivity contribution in [2.45, 2.75) is 63.1 Å². The van der Waals surface area contributed by atoms with Gasteiger partial charge in [0.15, 0.2) is 6.04 Å².